The number of nitrogens with zero attached hydrogens (tertiary/aromatic N) is 2. The highest BCUT2D eigenvalue weighted by atomic mass is 16.5. The van der Waals surface area contributed by atoms with Crippen LogP contribution in [0, 0.1) is 16.7 Å². The lowest BCUT2D eigenvalue weighted by molar-refractivity contribution is -0.157. The number of ether oxygens (including phenoxy) is 1. The summed E-state index contributed by atoms with van der Waals surface area (Å²) >= 11 is 0. The van der Waals surface area contributed by atoms with E-state index >= 15 is 0 Å². The molecule has 1 saturated heterocycles. The van der Waals surface area contributed by atoms with E-state index in [2.05, 4.69) is 20.8 Å². The van der Waals surface area contributed by atoms with Gasteiger partial charge in [0.2, 0.25) is 0 Å². The Labute approximate surface area is 159 Å². The van der Waals surface area contributed by atoms with Crippen molar-refractivity contribution < 1.29 is 19.1 Å². The van der Waals surface area contributed by atoms with Gasteiger partial charge in [-0.1, -0.05) is 39.0 Å². The van der Waals surface area contributed by atoms with Crippen LogP contribution >= 0.6 is 0 Å². The van der Waals surface area contributed by atoms with Crippen LogP contribution in [0.4, 0.5) is 10.5 Å². The molecule has 0 unspecified atom stereocenters. The van der Waals surface area contributed by atoms with Gasteiger partial charge in [0.05, 0.1) is 5.69 Å². The van der Waals surface area contributed by atoms with Crippen molar-refractivity contribution in [1.82, 2.24) is 4.90 Å². The number of hydrogen-bond donors (Lipinski definition) is 0. The number of carbonyl (C=O) groups excluding carboxylic acids is 3. The average Bonchev–Trinajstić information content (AvgIpc) is 3.09. The maximum atomic E-state index is 12.6. The molecular formula is C21H26N2O4. The number of carbonyl (C=O) groups is 3. The molecule has 1 heterocycles. The fourth-order valence-corrected chi connectivity index (χ4v) is 5.16. The second kappa shape index (κ2) is 6.08. The number of urea groups is 1. The van der Waals surface area contributed by atoms with E-state index < -0.39 is 12.0 Å². The van der Waals surface area contributed by atoms with E-state index in [0.717, 1.165) is 17.7 Å². The lowest BCUT2D eigenvalue weighted by Gasteiger charge is -2.38. The van der Waals surface area contributed by atoms with Crippen LogP contribution < -0.4 is 4.90 Å². The second-order valence-corrected chi connectivity index (χ2v) is 8.79. The summed E-state index contributed by atoms with van der Waals surface area (Å²) in [7, 11) is 0. The molecule has 27 heavy (non-hydrogen) atoms. The largest absolute Gasteiger partial charge is 0.460 e. The van der Waals surface area contributed by atoms with Gasteiger partial charge in [-0.25, -0.2) is 9.69 Å². The highest BCUT2D eigenvalue weighted by Crippen LogP contribution is 2.66. The molecule has 3 atom stereocenters. The molecule has 1 aromatic carbocycles. The van der Waals surface area contributed by atoms with Gasteiger partial charge in [0.25, 0.3) is 5.91 Å². The molecule has 144 valence electrons. The molecule has 3 fully saturated rings. The number of hydrogen-bond acceptors (Lipinski definition) is 4. The Hall–Kier alpha value is -2.37. The Bertz CT molecular complexity index is 791. The Balaban J connectivity index is 1.41. The van der Waals surface area contributed by atoms with Crippen molar-refractivity contribution in [2.75, 3.05) is 18.0 Å². The highest BCUT2D eigenvalue weighted by Gasteiger charge is 2.62. The van der Waals surface area contributed by atoms with Crippen LogP contribution in [0.3, 0.4) is 0 Å². The molecule has 6 heteroatoms. The topological polar surface area (TPSA) is 66.9 Å². The van der Waals surface area contributed by atoms with Crippen LogP contribution in [0.25, 0.3) is 0 Å². The first-order valence-electron chi connectivity index (χ1n) is 9.60. The smallest absolute Gasteiger partial charge is 0.332 e. The minimum absolute atomic E-state index is 0.0196. The zero-order valence-electron chi connectivity index (χ0n) is 16.1. The van der Waals surface area contributed by atoms with Gasteiger partial charge < -0.3 is 9.64 Å². The van der Waals surface area contributed by atoms with E-state index in [4.69, 9.17) is 4.74 Å². The van der Waals surface area contributed by atoms with E-state index in [1.807, 2.05) is 6.07 Å². The normalized spacial score (nSPS) is 31.7. The first-order chi connectivity index (χ1) is 12.7. The van der Waals surface area contributed by atoms with Gasteiger partial charge in [-0.05, 0) is 42.7 Å². The van der Waals surface area contributed by atoms with Gasteiger partial charge in [-0.15, -0.1) is 0 Å². The summed E-state index contributed by atoms with van der Waals surface area (Å²) < 4.78 is 5.81. The minimum Gasteiger partial charge on any atom is -0.460 e. The maximum Gasteiger partial charge on any atom is 0.332 e. The van der Waals surface area contributed by atoms with Crippen molar-refractivity contribution in [3.8, 4) is 0 Å². The number of para-hydroxylation sites is 1. The third kappa shape index (κ3) is 2.65. The minimum atomic E-state index is -0.470. The van der Waals surface area contributed by atoms with Crippen molar-refractivity contribution in [3.05, 3.63) is 30.3 Å². The molecule has 6 nitrogen and oxygen atoms in total. The Kier molecular flexibility index (Phi) is 4.05. The number of esters is 1. The summed E-state index contributed by atoms with van der Waals surface area (Å²) in [6.07, 6.45) is 3.02. The zero-order chi connectivity index (χ0) is 19.4. The molecule has 3 amide bonds. The SMILES string of the molecule is CC1(C)[C@H]2CC[C@@]1(C)[C@H](OC(=O)CN1CC(=O)N(c3ccccc3)C1=O)C2. The molecule has 4 rings (SSSR count). The third-order valence-corrected chi connectivity index (χ3v) is 7.36. The molecular weight excluding hydrogens is 344 g/mol. The van der Waals surface area contributed by atoms with Crippen LogP contribution in [0.1, 0.15) is 40.0 Å². The molecule has 0 N–H and O–H groups in total. The van der Waals surface area contributed by atoms with Crippen LogP contribution in [-0.4, -0.2) is 42.0 Å². The van der Waals surface area contributed by atoms with E-state index in [-0.39, 0.29) is 35.9 Å². The standard InChI is InChI=1S/C21H26N2O4/c1-20(2)14-9-10-21(20,3)16(11-14)27-18(25)13-22-12-17(24)23(19(22)26)15-7-5-4-6-8-15/h4-8,14,16H,9-13H2,1-3H3/t14-,16+,21-/m0/s1. The Morgan fingerprint density at radius 2 is 1.89 bits per heavy atom. The number of amides is 3. The quantitative estimate of drug-likeness (QED) is 0.603. The predicted molar refractivity (Wildman–Crippen MR) is 100 cm³/mol. The predicted octanol–water partition coefficient (Wildman–Crippen LogP) is 3.21. The molecule has 0 aromatic heterocycles. The number of benzene rings is 1. The average molecular weight is 370 g/mol. The maximum absolute atomic E-state index is 12.6. The van der Waals surface area contributed by atoms with Gasteiger partial charge in [0.15, 0.2) is 0 Å². The molecule has 0 radical (unpaired) electrons. The number of fused-ring (bicyclic) bond motifs is 2. The lowest BCUT2D eigenvalue weighted by Crippen LogP contribution is -2.41. The monoisotopic (exact) mass is 370 g/mol. The van der Waals surface area contributed by atoms with Gasteiger partial charge in [0, 0.05) is 5.41 Å². The molecule has 1 aliphatic heterocycles. The molecule has 0 spiro atoms. The van der Waals surface area contributed by atoms with Gasteiger partial charge in [-0.3, -0.25) is 9.59 Å². The second-order valence-electron chi connectivity index (χ2n) is 8.79. The van der Waals surface area contributed by atoms with Crippen LogP contribution in [0.2, 0.25) is 0 Å². The number of imide groups is 1. The van der Waals surface area contributed by atoms with Gasteiger partial charge in [-0.2, -0.15) is 0 Å². The lowest BCUT2D eigenvalue weighted by atomic mass is 9.70. The van der Waals surface area contributed by atoms with E-state index in [0.29, 0.717) is 11.6 Å². The van der Waals surface area contributed by atoms with Crippen molar-refractivity contribution in [2.24, 2.45) is 16.7 Å². The Morgan fingerprint density at radius 1 is 1.19 bits per heavy atom. The summed E-state index contributed by atoms with van der Waals surface area (Å²) in [5, 5.41) is 0. The van der Waals surface area contributed by atoms with Crippen molar-refractivity contribution >= 4 is 23.6 Å². The summed E-state index contributed by atoms with van der Waals surface area (Å²) in [6.45, 7) is 6.45. The molecule has 2 bridgehead atoms. The molecule has 3 aliphatic rings. The van der Waals surface area contributed by atoms with Crippen LogP contribution in [-0.2, 0) is 14.3 Å². The van der Waals surface area contributed by atoms with Gasteiger partial charge >= 0.3 is 12.0 Å². The fraction of sp³-hybridized carbons (Fsp3) is 0.571. The fourth-order valence-electron chi connectivity index (χ4n) is 5.16. The first kappa shape index (κ1) is 18.0. The summed E-state index contributed by atoms with van der Waals surface area (Å²) in [4.78, 5) is 39.8. The van der Waals surface area contributed by atoms with Crippen LogP contribution in [0.5, 0.6) is 0 Å². The highest BCUT2D eigenvalue weighted by molar-refractivity contribution is 6.20. The first-order valence-corrected chi connectivity index (χ1v) is 9.60. The van der Waals surface area contributed by atoms with E-state index in [1.165, 1.54) is 11.3 Å². The van der Waals surface area contributed by atoms with Crippen molar-refractivity contribution in [3.63, 3.8) is 0 Å². The summed E-state index contributed by atoms with van der Waals surface area (Å²) in [5.74, 6) is -0.184. The number of anilines is 1. The summed E-state index contributed by atoms with van der Waals surface area (Å²) in [6, 6.07) is 8.30. The molecule has 1 aromatic rings. The van der Waals surface area contributed by atoms with Crippen LogP contribution in [0.15, 0.2) is 30.3 Å². The Morgan fingerprint density at radius 3 is 2.48 bits per heavy atom. The molecule has 2 saturated carbocycles. The van der Waals surface area contributed by atoms with Gasteiger partial charge in [0.1, 0.15) is 19.2 Å². The molecule has 2 aliphatic carbocycles. The van der Waals surface area contributed by atoms with E-state index in [9.17, 15) is 14.4 Å². The zero-order valence-corrected chi connectivity index (χ0v) is 16.1. The third-order valence-electron chi connectivity index (χ3n) is 7.36. The van der Waals surface area contributed by atoms with E-state index in [1.54, 1.807) is 24.3 Å². The number of rotatable bonds is 4. The van der Waals surface area contributed by atoms with Crippen molar-refractivity contribution in [1.29, 1.82) is 0 Å². The summed E-state index contributed by atoms with van der Waals surface area (Å²) in [5.41, 5.74) is 0.654. The van der Waals surface area contributed by atoms with Crippen molar-refractivity contribution in [2.45, 2.75) is 46.1 Å².